The van der Waals surface area contributed by atoms with Crippen molar-refractivity contribution in [2.75, 3.05) is 40.5 Å². The van der Waals surface area contributed by atoms with Crippen molar-refractivity contribution in [3.8, 4) is 0 Å². The van der Waals surface area contributed by atoms with Gasteiger partial charge in [-0.05, 0) is 27.0 Å². The molecule has 6 nitrogen and oxygen atoms in total. The lowest BCUT2D eigenvalue weighted by Gasteiger charge is -2.29. The maximum Gasteiger partial charge on any atom is 0.116 e. The Labute approximate surface area is 137 Å². The first-order valence-electron chi connectivity index (χ1n) is 7.72. The van der Waals surface area contributed by atoms with Crippen molar-refractivity contribution in [3.63, 3.8) is 0 Å². The van der Waals surface area contributed by atoms with Gasteiger partial charge in [-0.1, -0.05) is 0 Å². The number of hydrogen-bond donors (Lipinski definition) is 0. The van der Waals surface area contributed by atoms with Crippen molar-refractivity contribution in [1.29, 1.82) is 0 Å². The Morgan fingerprint density at radius 1 is 1.39 bits per heavy atom. The van der Waals surface area contributed by atoms with E-state index in [-0.39, 0.29) is 6.10 Å². The zero-order valence-electron chi connectivity index (χ0n) is 14.3. The molecule has 0 N–H and O–H groups in total. The van der Waals surface area contributed by atoms with Crippen LogP contribution in [-0.4, -0.2) is 61.4 Å². The number of morpholine rings is 1. The molecule has 6 heteroatoms. The summed E-state index contributed by atoms with van der Waals surface area (Å²) < 4.78 is 16.7. The van der Waals surface area contributed by atoms with Crippen LogP contribution in [0.25, 0.3) is 12.2 Å². The number of nitrogens with zero attached hydrogens (tertiary/aromatic N) is 3. The fourth-order valence-electron chi connectivity index (χ4n) is 2.29. The fourth-order valence-corrected chi connectivity index (χ4v) is 2.29. The molecule has 1 atom stereocenters. The van der Waals surface area contributed by atoms with Crippen LogP contribution in [0.15, 0.2) is 24.0 Å². The Bertz CT molecular complexity index is 572. The molecule has 1 unspecified atom stereocenters. The molecule has 1 aromatic heterocycles. The Morgan fingerprint density at radius 3 is 2.96 bits per heavy atom. The second-order valence-corrected chi connectivity index (χ2v) is 5.64. The van der Waals surface area contributed by atoms with Crippen LogP contribution < -0.4 is 0 Å². The zero-order chi connectivity index (χ0) is 16.7. The average molecular weight is 319 g/mol. The standard InChI is InChI=1S/C17H25N3O3/c1-13(21-4)7-15-9-18-12-19-17(15)8-14(2)23-11-16-10-20(3)5-6-22-16/h7-9,12,16H,5-6,10-11H2,1-4H3/b13-7+,14-8+. The van der Waals surface area contributed by atoms with Crippen LogP contribution in [0, 0.1) is 0 Å². The van der Waals surface area contributed by atoms with Gasteiger partial charge in [0.15, 0.2) is 0 Å². The Morgan fingerprint density at radius 2 is 2.22 bits per heavy atom. The summed E-state index contributed by atoms with van der Waals surface area (Å²) in [7, 11) is 3.73. The minimum Gasteiger partial charge on any atom is -0.501 e. The van der Waals surface area contributed by atoms with E-state index < -0.39 is 0 Å². The summed E-state index contributed by atoms with van der Waals surface area (Å²) in [5.74, 6) is 1.59. The minimum atomic E-state index is 0.109. The Balaban J connectivity index is 2.00. The minimum absolute atomic E-state index is 0.109. The van der Waals surface area contributed by atoms with E-state index in [1.54, 1.807) is 13.3 Å². The summed E-state index contributed by atoms with van der Waals surface area (Å²) >= 11 is 0. The molecular weight excluding hydrogens is 294 g/mol. The van der Waals surface area contributed by atoms with E-state index in [0.29, 0.717) is 6.61 Å². The number of allylic oxidation sites excluding steroid dienone is 2. The van der Waals surface area contributed by atoms with Gasteiger partial charge in [-0.2, -0.15) is 0 Å². The number of rotatable bonds is 6. The summed E-state index contributed by atoms with van der Waals surface area (Å²) in [5.41, 5.74) is 1.69. The molecule has 0 amide bonds. The lowest BCUT2D eigenvalue weighted by Crippen LogP contribution is -2.42. The van der Waals surface area contributed by atoms with Gasteiger partial charge in [-0.3, -0.25) is 0 Å². The smallest absolute Gasteiger partial charge is 0.116 e. The molecule has 0 aliphatic carbocycles. The van der Waals surface area contributed by atoms with Crippen molar-refractivity contribution in [1.82, 2.24) is 14.9 Å². The Kier molecular flexibility index (Phi) is 6.55. The van der Waals surface area contributed by atoms with Crippen LogP contribution in [0.2, 0.25) is 0 Å². The summed E-state index contributed by atoms with van der Waals surface area (Å²) in [4.78, 5) is 10.6. The highest BCUT2D eigenvalue weighted by atomic mass is 16.5. The Hall–Kier alpha value is -1.92. The van der Waals surface area contributed by atoms with Gasteiger partial charge < -0.3 is 19.1 Å². The first-order valence-corrected chi connectivity index (χ1v) is 7.72. The molecule has 1 aliphatic heterocycles. The van der Waals surface area contributed by atoms with E-state index >= 15 is 0 Å². The van der Waals surface area contributed by atoms with E-state index in [1.807, 2.05) is 26.0 Å². The number of methoxy groups -OCH3 is 1. The summed E-state index contributed by atoms with van der Waals surface area (Å²) in [6, 6.07) is 0. The number of hydrogen-bond acceptors (Lipinski definition) is 6. The molecule has 1 fully saturated rings. The third-order valence-corrected chi connectivity index (χ3v) is 3.63. The maximum absolute atomic E-state index is 5.82. The van der Waals surface area contributed by atoms with Crippen LogP contribution in [-0.2, 0) is 14.2 Å². The van der Waals surface area contributed by atoms with Gasteiger partial charge in [0.25, 0.3) is 0 Å². The lowest BCUT2D eigenvalue weighted by molar-refractivity contribution is -0.0512. The van der Waals surface area contributed by atoms with Crippen molar-refractivity contribution in [2.24, 2.45) is 0 Å². The predicted molar refractivity (Wildman–Crippen MR) is 89.5 cm³/mol. The number of likely N-dealkylation sites (N-methyl/N-ethyl adjacent to an activating group) is 1. The molecule has 126 valence electrons. The molecule has 1 aromatic rings. The highest BCUT2D eigenvalue weighted by Gasteiger charge is 2.18. The molecular formula is C17H25N3O3. The summed E-state index contributed by atoms with van der Waals surface area (Å²) in [6.45, 7) is 6.97. The van der Waals surface area contributed by atoms with Crippen LogP contribution in [0.1, 0.15) is 25.1 Å². The maximum atomic E-state index is 5.82. The lowest BCUT2D eigenvalue weighted by atomic mass is 10.2. The van der Waals surface area contributed by atoms with Crippen molar-refractivity contribution in [3.05, 3.63) is 35.3 Å². The molecule has 0 bridgehead atoms. The van der Waals surface area contributed by atoms with Gasteiger partial charge in [-0.25, -0.2) is 9.97 Å². The molecule has 2 heterocycles. The average Bonchev–Trinajstić information content (AvgIpc) is 2.55. The topological polar surface area (TPSA) is 56.7 Å². The van der Waals surface area contributed by atoms with Crippen molar-refractivity contribution >= 4 is 12.2 Å². The van der Waals surface area contributed by atoms with Crippen LogP contribution in [0.5, 0.6) is 0 Å². The third kappa shape index (κ3) is 5.65. The van der Waals surface area contributed by atoms with Crippen LogP contribution >= 0.6 is 0 Å². The van der Waals surface area contributed by atoms with Gasteiger partial charge in [0.05, 0.1) is 30.9 Å². The number of ether oxygens (including phenoxy) is 3. The van der Waals surface area contributed by atoms with Crippen LogP contribution in [0.4, 0.5) is 0 Å². The van der Waals surface area contributed by atoms with Crippen LogP contribution in [0.3, 0.4) is 0 Å². The largest absolute Gasteiger partial charge is 0.501 e. The van der Waals surface area contributed by atoms with Crippen molar-refractivity contribution in [2.45, 2.75) is 20.0 Å². The van der Waals surface area contributed by atoms with Crippen molar-refractivity contribution < 1.29 is 14.2 Å². The predicted octanol–water partition coefficient (Wildman–Crippen LogP) is 2.19. The normalized spacial score (nSPS) is 20.4. The molecule has 0 aromatic carbocycles. The van der Waals surface area contributed by atoms with Gasteiger partial charge in [0.2, 0.25) is 0 Å². The summed E-state index contributed by atoms with van der Waals surface area (Å²) in [5, 5.41) is 0. The zero-order valence-corrected chi connectivity index (χ0v) is 14.3. The molecule has 1 saturated heterocycles. The first-order chi connectivity index (χ1) is 11.1. The molecule has 0 spiro atoms. The van der Waals surface area contributed by atoms with E-state index in [0.717, 1.165) is 42.5 Å². The number of aromatic nitrogens is 2. The van der Waals surface area contributed by atoms with Gasteiger partial charge in [-0.15, -0.1) is 0 Å². The van der Waals surface area contributed by atoms with Gasteiger partial charge >= 0.3 is 0 Å². The van der Waals surface area contributed by atoms with E-state index in [4.69, 9.17) is 14.2 Å². The first kappa shape index (κ1) is 17.4. The molecule has 0 saturated carbocycles. The quantitative estimate of drug-likeness (QED) is 0.749. The molecule has 1 aliphatic rings. The molecule has 23 heavy (non-hydrogen) atoms. The second kappa shape index (κ2) is 8.64. The SMILES string of the molecule is CO/C(C)=C/c1cncnc1/C=C(\C)OCC1CN(C)CCO1. The van der Waals surface area contributed by atoms with Gasteiger partial charge in [0.1, 0.15) is 19.0 Å². The summed E-state index contributed by atoms with van der Waals surface area (Å²) in [6.07, 6.45) is 7.20. The fraction of sp³-hybridized carbons (Fsp3) is 0.529. The van der Waals surface area contributed by atoms with Gasteiger partial charge in [0, 0.05) is 30.9 Å². The van der Waals surface area contributed by atoms with E-state index in [2.05, 4.69) is 21.9 Å². The monoisotopic (exact) mass is 319 g/mol. The molecule has 0 radical (unpaired) electrons. The highest BCUT2D eigenvalue weighted by Crippen LogP contribution is 2.14. The van der Waals surface area contributed by atoms with E-state index in [1.165, 1.54) is 6.33 Å². The third-order valence-electron chi connectivity index (χ3n) is 3.63. The van der Waals surface area contributed by atoms with E-state index in [9.17, 15) is 0 Å². The second-order valence-electron chi connectivity index (χ2n) is 5.64. The highest BCUT2D eigenvalue weighted by molar-refractivity contribution is 5.62. The molecule has 2 rings (SSSR count).